The van der Waals surface area contributed by atoms with Gasteiger partial charge in [0.2, 0.25) is 0 Å². The average molecular weight is 256 g/mol. The van der Waals surface area contributed by atoms with Crippen LogP contribution in [0.25, 0.3) is 0 Å². The number of nitrogens with two attached hydrogens (primary N) is 1. The lowest BCUT2D eigenvalue weighted by Crippen LogP contribution is -2.19. The van der Waals surface area contributed by atoms with Crippen LogP contribution in [-0.4, -0.2) is 24.4 Å². The van der Waals surface area contributed by atoms with Gasteiger partial charge in [-0.1, -0.05) is 13.3 Å². The molecule has 4 nitrogen and oxygen atoms in total. The molecule has 0 spiro atoms. The van der Waals surface area contributed by atoms with Crippen LogP contribution < -0.4 is 15.8 Å². The second-order valence-corrected chi connectivity index (χ2v) is 4.13. The lowest BCUT2D eigenvalue weighted by molar-refractivity contribution is 0.176. The zero-order valence-electron chi connectivity index (χ0n) is 10.9. The van der Waals surface area contributed by atoms with E-state index in [0.717, 1.165) is 6.42 Å². The largest absolute Gasteiger partial charge is 0.491 e. The van der Waals surface area contributed by atoms with E-state index in [4.69, 9.17) is 10.5 Å². The minimum atomic E-state index is -0.478. The van der Waals surface area contributed by atoms with Crippen LogP contribution in [0.5, 0.6) is 5.75 Å². The van der Waals surface area contributed by atoms with Gasteiger partial charge in [0.1, 0.15) is 0 Å². The lowest BCUT2D eigenvalue weighted by atomic mass is 10.2. The molecule has 0 radical (unpaired) electrons. The number of aliphatic hydroxyl groups is 1. The number of benzene rings is 1. The predicted molar refractivity (Wildman–Crippen MR) is 71.4 cm³/mol. The third-order valence-electron chi connectivity index (χ3n) is 2.55. The molecule has 1 rings (SSSR count). The Kier molecular flexibility index (Phi) is 5.71. The van der Waals surface area contributed by atoms with E-state index < -0.39 is 11.9 Å². The number of ether oxygens (including phenoxy) is 1. The molecule has 0 heterocycles. The minimum absolute atomic E-state index is 0.166. The first kappa shape index (κ1) is 14.6. The molecule has 0 aliphatic heterocycles. The van der Waals surface area contributed by atoms with Gasteiger partial charge in [-0.25, -0.2) is 4.39 Å². The topological polar surface area (TPSA) is 67.5 Å². The summed E-state index contributed by atoms with van der Waals surface area (Å²) in [5.41, 5.74) is 6.59. The van der Waals surface area contributed by atoms with Crippen LogP contribution in [0, 0.1) is 5.82 Å². The molecule has 0 aliphatic carbocycles. The maximum Gasteiger partial charge on any atom is 0.167 e. The maximum absolute atomic E-state index is 13.5. The molecule has 1 atom stereocenters. The van der Waals surface area contributed by atoms with Gasteiger partial charge in [0.15, 0.2) is 11.6 Å². The van der Waals surface area contributed by atoms with Crippen molar-refractivity contribution in [1.29, 1.82) is 0 Å². The number of rotatable bonds is 7. The summed E-state index contributed by atoms with van der Waals surface area (Å²) < 4.78 is 18.6. The molecule has 102 valence electrons. The highest BCUT2D eigenvalue weighted by molar-refractivity contribution is 5.68. The third-order valence-corrected chi connectivity index (χ3v) is 2.55. The van der Waals surface area contributed by atoms with Crippen LogP contribution in [0.4, 0.5) is 15.8 Å². The van der Waals surface area contributed by atoms with Gasteiger partial charge >= 0.3 is 0 Å². The van der Waals surface area contributed by atoms with E-state index >= 15 is 0 Å². The first-order valence-corrected chi connectivity index (χ1v) is 6.22. The SMILES string of the molecule is CCCC(O)CNc1cc(OCC)c(F)cc1N. The van der Waals surface area contributed by atoms with Crippen LogP contribution >= 0.6 is 0 Å². The predicted octanol–water partition coefficient (Wildman–Crippen LogP) is 2.38. The summed E-state index contributed by atoms with van der Waals surface area (Å²) in [4.78, 5) is 0. The van der Waals surface area contributed by atoms with E-state index in [1.165, 1.54) is 12.1 Å². The summed E-state index contributed by atoms with van der Waals surface area (Å²) >= 11 is 0. The van der Waals surface area contributed by atoms with Crippen molar-refractivity contribution in [3.63, 3.8) is 0 Å². The Labute approximate surface area is 107 Å². The molecule has 0 saturated heterocycles. The molecule has 0 amide bonds. The smallest absolute Gasteiger partial charge is 0.167 e. The van der Waals surface area contributed by atoms with Gasteiger partial charge in [-0.15, -0.1) is 0 Å². The molecule has 18 heavy (non-hydrogen) atoms. The summed E-state index contributed by atoms with van der Waals surface area (Å²) in [5.74, 6) is -0.312. The van der Waals surface area contributed by atoms with E-state index in [9.17, 15) is 9.50 Å². The Morgan fingerprint density at radius 1 is 1.44 bits per heavy atom. The molecule has 5 heteroatoms. The van der Waals surface area contributed by atoms with Gasteiger partial charge < -0.3 is 20.9 Å². The summed E-state index contributed by atoms with van der Waals surface area (Å²) in [6, 6.07) is 2.74. The fraction of sp³-hybridized carbons (Fsp3) is 0.538. The van der Waals surface area contributed by atoms with Crippen molar-refractivity contribution in [3.05, 3.63) is 17.9 Å². The molecule has 0 aromatic heterocycles. The Morgan fingerprint density at radius 3 is 2.78 bits per heavy atom. The van der Waals surface area contributed by atoms with E-state index in [1.54, 1.807) is 6.92 Å². The lowest BCUT2D eigenvalue weighted by Gasteiger charge is -2.15. The first-order chi connectivity index (χ1) is 8.58. The first-order valence-electron chi connectivity index (χ1n) is 6.22. The summed E-state index contributed by atoms with van der Waals surface area (Å²) in [7, 11) is 0. The Balaban J connectivity index is 2.72. The molecule has 0 fully saturated rings. The van der Waals surface area contributed by atoms with E-state index in [0.29, 0.717) is 30.9 Å². The molecule has 0 bridgehead atoms. The molecule has 1 aromatic rings. The Bertz CT molecular complexity index is 385. The van der Waals surface area contributed by atoms with Gasteiger partial charge in [-0.05, 0) is 13.3 Å². The molecular formula is C13H21FN2O2. The zero-order valence-corrected chi connectivity index (χ0v) is 10.9. The Morgan fingerprint density at radius 2 is 2.17 bits per heavy atom. The van der Waals surface area contributed by atoms with Crippen LogP contribution in [0.1, 0.15) is 26.7 Å². The van der Waals surface area contributed by atoms with Gasteiger partial charge in [0.05, 0.1) is 24.1 Å². The number of aliphatic hydroxyl groups excluding tert-OH is 1. The molecular weight excluding hydrogens is 235 g/mol. The number of nitrogens with one attached hydrogen (secondary N) is 1. The minimum Gasteiger partial charge on any atom is -0.491 e. The quantitative estimate of drug-likeness (QED) is 0.655. The summed E-state index contributed by atoms with van der Waals surface area (Å²) in [6.45, 7) is 4.56. The number of halogens is 1. The molecule has 1 aromatic carbocycles. The standard InChI is InChI=1S/C13H21FN2O2/c1-3-5-9(17)8-16-12-7-13(18-4-2)10(14)6-11(12)15/h6-7,9,16-17H,3-5,8,15H2,1-2H3. The van der Waals surface area contributed by atoms with Crippen molar-refractivity contribution >= 4 is 11.4 Å². The number of anilines is 2. The van der Waals surface area contributed by atoms with Gasteiger partial charge in [0.25, 0.3) is 0 Å². The zero-order chi connectivity index (χ0) is 13.5. The number of nitrogen functional groups attached to an aromatic ring is 1. The normalized spacial score (nSPS) is 12.2. The van der Waals surface area contributed by atoms with Gasteiger partial charge in [-0.3, -0.25) is 0 Å². The van der Waals surface area contributed by atoms with Crippen LogP contribution in [0.3, 0.4) is 0 Å². The second kappa shape index (κ2) is 7.06. The maximum atomic E-state index is 13.5. The van der Waals surface area contributed by atoms with E-state index in [2.05, 4.69) is 5.32 Å². The van der Waals surface area contributed by atoms with Crippen molar-refractivity contribution in [3.8, 4) is 5.75 Å². The highest BCUT2D eigenvalue weighted by Crippen LogP contribution is 2.28. The summed E-state index contributed by atoms with van der Waals surface area (Å²) in [5, 5.41) is 12.6. The van der Waals surface area contributed by atoms with E-state index in [-0.39, 0.29) is 5.75 Å². The van der Waals surface area contributed by atoms with Gasteiger partial charge in [-0.2, -0.15) is 0 Å². The molecule has 4 N–H and O–H groups in total. The van der Waals surface area contributed by atoms with Gasteiger partial charge in [0, 0.05) is 18.7 Å². The fourth-order valence-corrected chi connectivity index (χ4v) is 1.65. The van der Waals surface area contributed by atoms with Crippen molar-refractivity contribution in [2.75, 3.05) is 24.2 Å². The molecule has 1 unspecified atom stereocenters. The van der Waals surface area contributed by atoms with Crippen LogP contribution in [0.2, 0.25) is 0 Å². The number of hydrogen-bond acceptors (Lipinski definition) is 4. The highest BCUT2D eigenvalue weighted by Gasteiger charge is 2.10. The Hall–Kier alpha value is -1.49. The van der Waals surface area contributed by atoms with Crippen molar-refractivity contribution in [2.24, 2.45) is 0 Å². The molecule has 0 saturated carbocycles. The van der Waals surface area contributed by atoms with Crippen molar-refractivity contribution in [2.45, 2.75) is 32.8 Å². The summed E-state index contributed by atoms with van der Waals surface area (Å²) in [6.07, 6.45) is 1.19. The monoisotopic (exact) mass is 256 g/mol. The third kappa shape index (κ3) is 4.07. The average Bonchev–Trinajstić information content (AvgIpc) is 2.31. The highest BCUT2D eigenvalue weighted by atomic mass is 19.1. The fourth-order valence-electron chi connectivity index (χ4n) is 1.65. The second-order valence-electron chi connectivity index (χ2n) is 4.13. The van der Waals surface area contributed by atoms with Crippen LogP contribution in [-0.2, 0) is 0 Å². The number of hydrogen-bond donors (Lipinski definition) is 3. The van der Waals surface area contributed by atoms with Crippen molar-refractivity contribution < 1.29 is 14.2 Å². The van der Waals surface area contributed by atoms with Crippen molar-refractivity contribution in [1.82, 2.24) is 0 Å². The molecule has 0 aliphatic rings. The van der Waals surface area contributed by atoms with Crippen LogP contribution in [0.15, 0.2) is 12.1 Å². The van der Waals surface area contributed by atoms with E-state index in [1.807, 2.05) is 6.92 Å².